The second-order valence-corrected chi connectivity index (χ2v) is 6.80. The molecule has 26 heavy (non-hydrogen) atoms. The molecule has 0 radical (unpaired) electrons. The predicted octanol–water partition coefficient (Wildman–Crippen LogP) is 1.46. The monoisotopic (exact) mass is 357 g/mol. The van der Waals surface area contributed by atoms with Gasteiger partial charge in [-0.1, -0.05) is 6.07 Å². The number of morpholine rings is 1. The summed E-state index contributed by atoms with van der Waals surface area (Å²) in [5.74, 6) is 0.0718. The summed E-state index contributed by atoms with van der Waals surface area (Å²) < 4.78 is 7.33. The van der Waals surface area contributed by atoms with Crippen LogP contribution in [0.5, 0.6) is 0 Å². The fourth-order valence-electron chi connectivity index (χ4n) is 3.45. The normalized spacial score (nSPS) is 16.5. The minimum absolute atomic E-state index is 0.0718. The van der Waals surface area contributed by atoms with Gasteiger partial charge < -0.3 is 9.64 Å². The van der Waals surface area contributed by atoms with Gasteiger partial charge >= 0.3 is 0 Å². The van der Waals surface area contributed by atoms with E-state index in [1.165, 1.54) is 0 Å². The molecule has 1 aliphatic heterocycles. The quantitative estimate of drug-likeness (QED) is 0.811. The number of pyridine rings is 1. The third kappa shape index (κ3) is 3.78. The summed E-state index contributed by atoms with van der Waals surface area (Å²) in [6.07, 6.45) is 3.52. The number of aryl methyl sites for hydroxylation is 2. The Labute approximate surface area is 154 Å². The zero-order chi connectivity index (χ0) is 18.7. The topological polar surface area (TPSA) is 63.5 Å². The van der Waals surface area contributed by atoms with Gasteiger partial charge in [0.05, 0.1) is 18.9 Å². The van der Waals surface area contributed by atoms with Crippen molar-refractivity contribution in [2.24, 2.45) is 7.05 Å². The van der Waals surface area contributed by atoms with Crippen LogP contribution < -0.4 is 0 Å². The number of likely N-dealkylation sites (N-methyl/N-ethyl adjacent to an activating group) is 1. The molecule has 1 saturated heterocycles. The molecule has 3 rings (SSSR count). The predicted molar refractivity (Wildman–Crippen MR) is 98.5 cm³/mol. The Bertz CT molecular complexity index is 753. The lowest BCUT2D eigenvalue weighted by molar-refractivity contribution is -0.138. The van der Waals surface area contributed by atoms with Crippen molar-refractivity contribution in [3.05, 3.63) is 47.0 Å². The fourth-order valence-corrected chi connectivity index (χ4v) is 3.45. The highest BCUT2D eigenvalue weighted by atomic mass is 16.5. The largest absolute Gasteiger partial charge is 0.379 e. The maximum Gasteiger partial charge on any atom is 0.244 e. The van der Waals surface area contributed by atoms with Crippen molar-refractivity contribution in [3.8, 4) is 0 Å². The summed E-state index contributed by atoms with van der Waals surface area (Å²) in [5.41, 5.74) is 4.08. The van der Waals surface area contributed by atoms with E-state index in [1.54, 1.807) is 17.3 Å². The van der Waals surface area contributed by atoms with Gasteiger partial charge in [0.25, 0.3) is 0 Å². The summed E-state index contributed by atoms with van der Waals surface area (Å²) in [7, 11) is 3.79. The molecule has 1 fully saturated rings. The molecule has 0 bridgehead atoms. The molecule has 7 nitrogen and oxygen atoms in total. The van der Waals surface area contributed by atoms with E-state index in [0.29, 0.717) is 19.8 Å². The molecule has 0 aromatic carbocycles. The van der Waals surface area contributed by atoms with Crippen molar-refractivity contribution in [1.29, 1.82) is 0 Å². The molecule has 0 saturated carbocycles. The summed E-state index contributed by atoms with van der Waals surface area (Å²) in [6.45, 7) is 7.35. The molecule has 140 valence electrons. The van der Waals surface area contributed by atoms with Crippen LogP contribution in [0.2, 0.25) is 0 Å². The minimum atomic E-state index is -0.338. The average Bonchev–Trinajstić information content (AvgIpc) is 2.89. The summed E-state index contributed by atoms with van der Waals surface area (Å²) in [4.78, 5) is 21.6. The number of ether oxygens (including phenoxy) is 1. The Kier molecular flexibility index (Phi) is 5.68. The maximum atomic E-state index is 13.4. The lowest BCUT2D eigenvalue weighted by atomic mass is 10.0. The third-order valence-corrected chi connectivity index (χ3v) is 5.08. The Morgan fingerprint density at radius 3 is 2.65 bits per heavy atom. The Morgan fingerprint density at radius 2 is 2.08 bits per heavy atom. The first-order valence-electron chi connectivity index (χ1n) is 8.94. The number of hydrogen-bond donors (Lipinski definition) is 0. The molecule has 0 aliphatic carbocycles. The molecule has 2 aromatic rings. The van der Waals surface area contributed by atoms with E-state index in [1.807, 2.05) is 44.8 Å². The molecule has 3 heterocycles. The highest BCUT2D eigenvalue weighted by molar-refractivity contribution is 5.83. The van der Waals surface area contributed by atoms with Crippen LogP contribution in [0.3, 0.4) is 0 Å². The Hall–Kier alpha value is -2.25. The number of rotatable bonds is 5. The van der Waals surface area contributed by atoms with E-state index < -0.39 is 0 Å². The van der Waals surface area contributed by atoms with E-state index in [9.17, 15) is 4.79 Å². The number of carbonyl (C=O) groups is 1. The first-order valence-corrected chi connectivity index (χ1v) is 8.94. The van der Waals surface area contributed by atoms with Crippen molar-refractivity contribution >= 4 is 5.91 Å². The van der Waals surface area contributed by atoms with E-state index in [2.05, 4.69) is 15.0 Å². The number of hydrogen-bond acceptors (Lipinski definition) is 5. The summed E-state index contributed by atoms with van der Waals surface area (Å²) in [6, 6.07) is 3.51. The SMILES string of the molecule is Cc1nn(C)c(C)c1CN(C)C(=O)[C@H](c1cccnc1)N1CCOCC1. The van der Waals surface area contributed by atoms with Crippen molar-refractivity contribution < 1.29 is 9.53 Å². The first-order chi connectivity index (χ1) is 12.5. The van der Waals surface area contributed by atoms with Crippen LogP contribution in [0, 0.1) is 13.8 Å². The van der Waals surface area contributed by atoms with E-state index in [0.717, 1.165) is 35.6 Å². The van der Waals surface area contributed by atoms with Crippen LogP contribution in [0.15, 0.2) is 24.5 Å². The molecule has 0 spiro atoms. The van der Waals surface area contributed by atoms with E-state index >= 15 is 0 Å². The van der Waals surface area contributed by atoms with Crippen molar-refractivity contribution in [2.75, 3.05) is 33.4 Å². The van der Waals surface area contributed by atoms with Crippen LogP contribution in [0.1, 0.15) is 28.6 Å². The second-order valence-electron chi connectivity index (χ2n) is 6.80. The maximum absolute atomic E-state index is 13.4. The summed E-state index contributed by atoms with van der Waals surface area (Å²) in [5, 5.41) is 4.46. The van der Waals surface area contributed by atoms with E-state index in [4.69, 9.17) is 4.74 Å². The highest BCUT2D eigenvalue weighted by Crippen LogP contribution is 2.25. The minimum Gasteiger partial charge on any atom is -0.379 e. The van der Waals surface area contributed by atoms with Gasteiger partial charge in [-0.25, -0.2) is 0 Å². The van der Waals surface area contributed by atoms with Crippen LogP contribution in [-0.2, 0) is 23.1 Å². The van der Waals surface area contributed by atoms with E-state index in [-0.39, 0.29) is 11.9 Å². The molecule has 2 aromatic heterocycles. The summed E-state index contributed by atoms with van der Waals surface area (Å²) >= 11 is 0. The standard InChI is InChI=1S/C19H27N5O2/c1-14-17(15(2)23(4)21-14)13-22(3)19(25)18(16-6-5-7-20-12-16)24-8-10-26-11-9-24/h5-7,12,18H,8-11,13H2,1-4H3/t18-/m0/s1. The molecule has 0 N–H and O–H groups in total. The van der Waals surface area contributed by atoms with Crippen LogP contribution in [-0.4, -0.2) is 63.8 Å². The Balaban J connectivity index is 1.84. The molecule has 7 heteroatoms. The first kappa shape index (κ1) is 18.5. The number of carbonyl (C=O) groups excluding carboxylic acids is 1. The van der Waals surface area contributed by atoms with Crippen LogP contribution >= 0.6 is 0 Å². The van der Waals surface area contributed by atoms with Gasteiger partial charge in [0, 0.05) is 57.4 Å². The second kappa shape index (κ2) is 7.97. The van der Waals surface area contributed by atoms with Gasteiger partial charge in [-0.15, -0.1) is 0 Å². The van der Waals surface area contributed by atoms with Gasteiger partial charge in [0.2, 0.25) is 5.91 Å². The number of amides is 1. The van der Waals surface area contributed by atoms with Gasteiger partial charge in [-0.05, 0) is 25.5 Å². The van der Waals surface area contributed by atoms with Gasteiger partial charge in [-0.2, -0.15) is 5.10 Å². The fraction of sp³-hybridized carbons (Fsp3) is 0.526. The average molecular weight is 357 g/mol. The molecular formula is C19H27N5O2. The lowest BCUT2D eigenvalue weighted by Crippen LogP contribution is -2.46. The Morgan fingerprint density at radius 1 is 1.35 bits per heavy atom. The molecular weight excluding hydrogens is 330 g/mol. The van der Waals surface area contributed by atoms with Crippen LogP contribution in [0.25, 0.3) is 0 Å². The molecule has 1 amide bonds. The van der Waals surface area contributed by atoms with Gasteiger partial charge in [-0.3, -0.25) is 19.4 Å². The van der Waals surface area contributed by atoms with Crippen LogP contribution in [0.4, 0.5) is 0 Å². The zero-order valence-corrected chi connectivity index (χ0v) is 16.0. The van der Waals surface area contributed by atoms with Crippen molar-refractivity contribution in [1.82, 2.24) is 24.6 Å². The van der Waals surface area contributed by atoms with Crippen molar-refractivity contribution in [3.63, 3.8) is 0 Å². The zero-order valence-electron chi connectivity index (χ0n) is 16.0. The van der Waals surface area contributed by atoms with Gasteiger partial charge in [0.1, 0.15) is 6.04 Å². The van der Waals surface area contributed by atoms with Crippen molar-refractivity contribution in [2.45, 2.75) is 26.4 Å². The smallest absolute Gasteiger partial charge is 0.244 e. The molecule has 1 atom stereocenters. The number of aromatic nitrogens is 3. The highest BCUT2D eigenvalue weighted by Gasteiger charge is 2.31. The van der Waals surface area contributed by atoms with Gasteiger partial charge in [0.15, 0.2) is 0 Å². The molecule has 1 aliphatic rings. The number of nitrogens with zero attached hydrogens (tertiary/aromatic N) is 5. The molecule has 0 unspecified atom stereocenters. The lowest BCUT2D eigenvalue weighted by Gasteiger charge is -2.35. The third-order valence-electron chi connectivity index (χ3n) is 5.08.